The van der Waals surface area contributed by atoms with Crippen LogP contribution in [0.25, 0.3) is 5.65 Å². The maximum absolute atomic E-state index is 12.5. The first-order chi connectivity index (χ1) is 13.6. The molecule has 0 saturated carbocycles. The van der Waals surface area contributed by atoms with E-state index in [1.54, 1.807) is 6.20 Å². The Labute approximate surface area is 167 Å². The second kappa shape index (κ2) is 8.06. The molecule has 2 amide bonds. The maximum Gasteiger partial charge on any atom is 0.275 e. The van der Waals surface area contributed by atoms with Crippen molar-refractivity contribution in [2.24, 2.45) is 0 Å². The summed E-state index contributed by atoms with van der Waals surface area (Å²) in [5.41, 5.74) is 3.84. The first kappa shape index (κ1) is 18.6. The summed E-state index contributed by atoms with van der Waals surface area (Å²) in [5, 5.41) is 2.86. The number of carbonyl (C=O) groups excluding carboxylic acids is 2. The first-order valence-corrected chi connectivity index (χ1v) is 10.5. The predicted octanol–water partition coefficient (Wildman–Crippen LogP) is 3.01. The SMILES string of the molecule is Cc1ccn2cc(C(=O)Nc3ccc(CC(=O)N4CCSCC4)cc3)nc2c1. The summed E-state index contributed by atoms with van der Waals surface area (Å²) in [6.45, 7) is 3.65. The Kier molecular flexibility index (Phi) is 5.34. The van der Waals surface area contributed by atoms with Crippen molar-refractivity contribution in [3.05, 3.63) is 65.6 Å². The molecule has 0 bridgehead atoms. The average Bonchev–Trinajstić information content (AvgIpc) is 3.13. The zero-order valence-electron chi connectivity index (χ0n) is 15.7. The molecule has 0 unspecified atom stereocenters. The quantitative estimate of drug-likeness (QED) is 0.739. The van der Waals surface area contributed by atoms with Crippen molar-refractivity contribution in [2.45, 2.75) is 13.3 Å². The van der Waals surface area contributed by atoms with Crippen molar-refractivity contribution in [1.82, 2.24) is 14.3 Å². The molecule has 0 aliphatic carbocycles. The van der Waals surface area contributed by atoms with E-state index < -0.39 is 0 Å². The third-order valence-electron chi connectivity index (χ3n) is 4.78. The lowest BCUT2D eigenvalue weighted by Gasteiger charge is -2.26. The summed E-state index contributed by atoms with van der Waals surface area (Å²) in [7, 11) is 0. The minimum absolute atomic E-state index is 0.164. The molecule has 3 aromatic rings. The second-order valence-electron chi connectivity index (χ2n) is 6.92. The molecule has 1 aromatic carbocycles. The number of imidazole rings is 1. The molecule has 3 heterocycles. The summed E-state index contributed by atoms with van der Waals surface area (Å²) in [4.78, 5) is 31.2. The lowest BCUT2D eigenvalue weighted by molar-refractivity contribution is -0.130. The normalized spacial score (nSPS) is 14.2. The van der Waals surface area contributed by atoms with Gasteiger partial charge in [-0.05, 0) is 42.3 Å². The number of hydrogen-bond donors (Lipinski definition) is 1. The van der Waals surface area contributed by atoms with Crippen LogP contribution in [0.2, 0.25) is 0 Å². The van der Waals surface area contributed by atoms with E-state index in [0.717, 1.165) is 41.4 Å². The van der Waals surface area contributed by atoms with Crippen molar-refractivity contribution in [3.8, 4) is 0 Å². The Morgan fingerprint density at radius 3 is 2.64 bits per heavy atom. The fourth-order valence-corrected chi connectivity index (χ4v) is 4.10. The standard InChI is InChI=1S/C21H22N4O2S/c1-15-6-7-25-14-18(23-19(25)12-15)21(27)22-17-4-2-16(3-5-17)13-20(26)24-8-10-28-11-9-24/h2-7,12,14H,8-11,13H2,1H3,(H,22,27). The molecule has 1 aliphatic heterocycles. The summed E-state index contributed by atoms with van der Waals surface area (Å²) >= 11 is 1.89. The number of carbonyl (C=O) groups is 2. The smallest absolute Gasteiger partial charge is 0.275 e. The molecule has 4 rings (SSSR count). The van der Waals surface area contributed by atoms with Crippen LogP contribution >= 0.6 is 11.8 Å². The monoisotopic (exact) mass is 394 g/mol. The van der Waals surface area contributed by atoms with Crippen molar-refractivity contribution >= 4 is 34.9 Å². The second-order valence-corrected chi connectivity index (χ2v) is 8.14. The summed E-state index contributed by atoms with van der Waals surface area (Å²) < 4.78 is 1.83. The van der Waals surface area contributed by atoms with E-state index >= 15 is 0 Å². The van der Waals surface area contributed by atoms with Gasteiger partial charge in [0.25, 0.3) is 5.91 Å². The van der Waals surface area contributed by atoms with Crippen LogP contribution in [0.15, 0.2) is 48.8 Å². The number of amides is 2. The first-order valence-electron chi connectivity index (χ1n) is 9.30. The van der Waals surface area contributed by atoms with Crippen molar-refractivity contribution in [3.63, 3.8) is 0 Å². The third kappa shape index (κ3) is 4.20. The molecule has 144 valence electrons. The van der Waals surface area contributed by atoms with Crippen LogP contribution in [-0.4, -0.2) is 50.7 Å². The molecule has 7 heteroatoms. The Hall–Kier alpha value is -2.80. The molecule has 0 spiro atoms. The fraction of sp³-hybridized carbons (Fsp3) is 0.286. The van der Waals surface area contributed by atoms with Gasteiger partial charge in [-0.3, -0.25) is 9.59 Å². The number of benzene rings is 1. The number of hydrogen-bond acceptors (Lipinski definition) is 4. The molecule has 1 fully saturated rings. The van der Waals surface area contributed by atoms with Crippen molar-refractivity contribution in [2.75, 3.05) is 29.9 Å². The highest BCUT2D eigenvalue weighted by Crippen LogP contribution is 2.15. The lowest BCUT2D eigenvalue weighted by Crippen LogP contribution is -2.38. The highest BCUT2D eigenvalue weighted by atomic mass is 32.2. The highest BCUT2D eigenvalue weighted by molar-refractivity contribution is 7.99. The molecule has 0 radical (unpaired) electrons. The van der Waals surface area contributed by atoms with Crippen molar-refractivity contribution < 1.29 is 9.59 Å². The topological polar surface area (TPSA) is 66.7 Å². The van der Waals surface area contributed by atoms with Gasteiger partial charge in [0, 0.05) is 42.7 Å². The van der Waals surface area contributed by atoms with Crippen LogP contribution in [-0.2, 0) is 11.2 Å². The minimum atomic E-state index is -0.254. The zero-order valence-corrected chi connectivity index (χ0v) is 16.5. The van der Waals surface area contributed by atoms with Gasteiger partial charge in [0.05, 0.1) is 6.42 Å². The van der Waals surface area contributed by atoms with Crippen LogP contribution in [0.5, 0.6) is 0 Å². The van der Waals surface area contributed by atoms with Gasteiger partial charge in [0.15, 0.2) is 0 Å². The van der Waals surface area contributed by atoms with Gasteiger partial charge in [-0.25, -0.2) is 4.98 Å². The zero-order chi connectivity index (χ0) is 19.5. The fourth-order valence-electron chi connectivity index (χ4n) is 3.19. The van der Waals surface area contributed by atoms with Crippen LogP contribution in [0, 0.1) is 6.92 Å². The Bertz CT molecular complexity index is 1010. The maximum atomic E-state index is 12.5. The number of nitrogens with zero attached hydrogens (tertiary/aromatic N) is 3. The number of aromatic nitrogens is 2. The van der Waals surface area contributed by atoms with Gasteiger partial charge < -0.3 is 14.6 Å². The summed E-state index contributed by atoms with van der Waals surface area (Å²) in [5.74, 6) is 1.94. The molecule has 2 aromatic heterocycles. The Balaban J connectivity index is 1.39. The number of thioether (sulfide) groups is 1. The van der Waals surface area contributed by atoms with Crippen LogP contribution in [0.4, 0.5) is 5.69 Å². The minimum Gasteiger partial charge on any atom is -0.341 e. The third-order valence-corrected chi connectivity index (χ3v) is 5.72. The molecule has 28 heavy (non-hydrogen) atoms. The molecule has 1 saturated heterocycles. The van der Waals surface area contributed by atoms with E-state index in [2.05, 4.69) is 10.3 Å². The lowest BCUT2D eigenvalue weighted by atomic mass is 10.1. The molecule has 6 nitrogen and oxygen atoms in total. The van der Waals surface area contributed by atoms with E-state index in [1.807, 2.05) is 70.6 Å². The summed E-state index contributed by atoms with van der Waals surface area (Å²) in [6.07, 6.45) is 4.00. The van der Waals surface area contributed by atoms with E-state index in [1.165, 1.54) is 0 Å². The van der Waals surface area contributed by atoms with Crippen LogP contribution in [0.3, 0.4) is 0 Å². The van der Waals surface area contributed by atoms with Gasteiger partial charge in [0.2, 0.25) is 5.91 Å². The van der Waals surface area contributed by atoms with Crippen molar-refractivity contribution in [1.29, 1.82) is 0 Å². The number of nitrogens with one attached hydrogen (secondary N) is 1. The Morgan fingerprint density at radius 1 is 1.14 bits per heavy atom. The summed E-state index contributed by atoms with van der Waals surface area (Å²) in [6, 6.07) is 11.3. The number of pyridine rings is 1. The van der Waals surface area contributed by atoms with Gasteiger partial charge in [-0.15, -0.1) is 0 Å². The molecular weight excluding hydrogens is 372 g/mol. The number of aryl methyl sites for hydroxylation is 1. The van der Waals surface area contributed by atoms with E-state index in [-0.39, 0.29) is 11.8 Å². The average molecular weight is 395 g/mol. The molecule has 1 N–H and O–H groups in total. The predicted molar refractivity (Wildman–Crippen MR) is 112 cm³/mol. The van der Waals surface area contributed by atoms with Gasteiger partial charge in [-0.1, -0.05) is 12.1 Å². The number of anilines is 1. The van der Waals surface area contributed by atoms with Gasteiger partial charge in [-0.2, -0.15) is 11.8 Å². The van der Waals surface area contributed by atoms with Gasteiger partial charge >= 0.3 is 0 Å². The molecule has 0 atom stereocenters. The van der Waals surface area contributed by atoms with Gasteiger partial charge in [0.1, 0.15) is 11.3 Å². The highest BCUT2D eigenvalue weighted by Gasteiger charge is 2.17. The van der Waals surface area contributed by atoms with E-state index in [0.29, 0.717) is 17.8 Å². The van der Waals surface area contributed by atoms with E-state index in [9.17, 15) is 9.59 Å². The van der Waals surface area contributed by atoms with Crippen LogP contribution in [0.1, 0.15) is 21.6 Å². The molecular formula is C21H22N4O2S. The Morgan fingerprint density at radius 2 is 1.89 bits per heavy atom. The molecule has 1 aliphatic rings. The number of rotatable bonds is 4. The van der Waals surface area contributed by atoms with Crippen LogP contribution < -0.4 is 5.32 Å². The largest absolute Gasteiger partial charge is 0.341 e. The number of fused-ring (bicyclic) bond motifs is 1. The van der Waals surface area contributed by atoms with E-state index in [4.69, 9.17) is 0 Å².